The van der Waals surface area contributed by atoms with E-state index in [2.05, 4.69) is 0 Å². The van der Waals surface area contributed by atoms with Gasteiger partial charge in [-0.05, 0) is 12.1 Å². The van der Waals surface area contributed by atoms with Gasteiger partial charge >= 0.3 is 0 Å². The summed E-state index contributed by atoms with van der Waals surface area (Å²) >= 11 is 0. The third-order valence-corrected chi connectivity index (χ3v) is 2.05. The largest absolute Gasteiger partial charge is 0.491 e. The van der Waals surface area contributed by atoms with Crippen LogP contribution >= 0.6 is 0 Å². The molecule has 0 radical (unpaired) electrons. The normalized spacial score (nSPS) is 14.1. The summed E-state index contributed by atoms with van der Waals surface area (Å²) in [6, 6.07) is 3.97. The number of nitrogens with zero attached hydrogens (tertiary/aromatic N) is 1. The van der Waals surface area contributed by atoms with Crippen molar-refractivity contribution in [2.45, 2.75) is 6.42 Å². The minimum atomic E-state index is -0.584. The lowest BCUT2D eigenvalue weighted by Crippen LogP contribution is -2.16. The summed E-state index contributed by atoms with van der Waals surface area (Å²) in [4.78, 5) is 11.3. The van der Waals surface area contributed by atoms with Gasteiger partial charge in [-0.15, -0.1) is 0 Å². The molecule has 0 aromatic heterocycles. The average Bonchev–Trinajstić information content (AvgIpc) is 2.18. The molecule has 0 atom stereocenters. The van der Waals surface area contributed by atoms with E-state index in [1.165, 1.54) is 0 Å². The molecule has 0 saturated heterocycles. The van der Waals surface area contributed by atoms with Crippen LogP contribution in [0, 0.1) is 17.1 Å². The predicted molar refractivity (Wildman–Crippen MR) is 45.6 cm³/mol. The molecule has 70 valence electrons. The monoisotopic (exact) mass is 191 g/mol. The fourth-order valence-electron chi connectivity index (χ4n) is 1.42. The van der Waals surface area contributed by atoms with Crippen molar-refractivity contribution in [3.63, 3.8) is 0 Å². The number of benzene rings is 1. The van der Waals surface area contributed by atoms with Gasteiger partial charge in [0.15, 0.2) is 5.78 Å². The van der Waals surface area contributed by atoms with Gasteiger partial charge in [0, 0.05) is 6.42 Å². The lowest BCUT2D eigenvalue weighted by molar-refractivity contribution is 0.0932. The topological polar surface area (TPSA) is 50.1 Å². The second-order valence-electron chi connectivity index (χ2n) is 2.96. The first kappa shape index (κ1) is 8.70. The Labute approximate surface area is 79.7 Å². The molecule has 0 saturated carbocycles. The van der Waals surface area contributed by atoms with Crippen molar-refractivity contribution in [1.29, 1.82) is 5.26 Å². The van der Waals surface area contributed by atoms with Crippen molar-refractivity contribution >= 4 is 5.78 Å². The molecule has 0 bridgehead atoms. The molecular weight excluding hydrogens is 185 g/mol. The van der Waals surface area contributed by atoms with Crippen LogP contribution in [-0.2, 0) is 0 Å². The molecule has 4 heteroatoms. The smallest absolute Gasteiger partial charge is 0.170 e. The van der Waals surface area contributed by atoms with E-state index in [4.69, 9.17) is 10.00 Å². The quantitative estimate of drug-likeness (QED) is 0.626. The van der Waals surface area contributed by atoms with Crippen molar-refractivity contribution in [1.82, 2.24) is 0 Å². The maximum Gasteiger partial charge on any atom is 0.170 e. The molecule has 2 rings (SSSR count). The summed E-state index contributed by atoms with van der Waals surface area (Å²) in [6.45, 7) is 0.256. The summed E-state index contributed by atoms with van der Waals surface area (Å²) in [7, 11) is 0. The Morgan fingerprint density at radius 1 is 1.50 bits per heavy atom. The molecule has 0 fully saturated rings. The van der Waals surface area contributed by atoms with Crippen LogP contribution in [0.4, 0.5) is 4.39 Å². The Bertz CT molecular complexity index is 448. The van der Waals surface area contributed by atoms with Gasteiger partial charge in [0.1, 0.15) is 17.6 Å². The van der Waals surface area contributed by atoms with Crippen LogP contribution in [0.15, 0.2) is 12.1 Å². The molecule has 0 amide bonds. The Kier molecular flexibility index (Phi) is 1.93. The highest BCUT2D eigenvalue weighted by Gasteiger charge is 2.22. The molecule has 3 nitrogen and oxygen atoms in total. The molecule has 1 aromatic rings. The van der Waals surface area contributed by atoms with Gasteiger partial charge < -0.3 is 4.74 Å². The van der Waals surface area contributed by atoms with E-state index in [0.29, 0.717) is 0 Å². The third-order valence-electron chi connectivity index (χ3n) is 2.05. The molecule has 0 aliphatic carbocycles. The maximum atomic E-state index is 13.0. The van der Waals surface area contributed by atoms with Crippen molar-refractivity contribution < 1.29 is 13.9 Å². The Morgan fingerprint density at radius 3 is 3.00 bits per heavy atom. The van der Waals surface area contributed by atoms with E-state index >= 15 is 0 Å². The summed E-state index contributed by atoms with van der Waals surface area (Å²) in [6.07, 6.45) is 0.237. The summed E-state index contributed by atoms with van der Waals surface area (Å²) in [5.41, 5.74) is 0.251. The fraction of sp³-hybridized carbons (Fsp3) is 0.200. The molecule has 0 spiro atoms. The standard InChI is InChI=1S/C10H6FNO2/c11-7-3-6(5-12)10-8(4-7)9(13)1-2-14-10/h3-4H,1-2H2. The highest BCUT2D eigenvalue weighted by atomic mass is 19.1. The van der Waals surface area contributed by atoms with Gasteiger partial charge in [-0.2, -0.15) is 5.26 Å². The SMILES string of the molecule is N#Cc1cc(F)cc2c1OCCC2=O. The minimum Gasteiger partial charge on any atom is -0.491 e. The highest BCUT2D eigenvalue weighted by molar-refractivity contribution is 6.00. The lowest BCUT2D eigenvalue weighted by Gasteiger charge is -2.16. The molecule has 0 N–H and O–H groups in total. The number of hydrogen-bond acceptors (Lipinski definition) is 3. The molecule has 1 aliphatic rings. The van der Waals surface area contributed by atoms with E-state index in [1.807, 2.05) is 0 Å². The van der Waals surface area contributed by atoms with E-state index in [0.717, 1.165) is 12.1 Å². The van der Waals surface area contributed by atoms with Gasteiger partial charge in [0.25, 0.3) is 0 Å². The zero-order valence-corrected chi connectivity index (χ0v) is 7.21. The summed E-state index contributed by atoms with van der Waals surface area (Å²) in [5.74, 6) is -0.549. The molecule has 0 unspecified atom stereocenters. The van der Waals surface area contributed by atoms with Gasteiger partial charge in [-0.25, -0.2) is 4.39 Å². The second kappa shape index (κ2) is 3.11. The first-order chi connectivity index (χ1) is 6.72. The molecule has 1 aliphatic heterocycles. The number of carbonyl (C=O) groups excluding carboxylic acids is 1. The lowest BCUT2D eigenvalue weighted by atomic mass is 10.0. The van der Waals surface area contributed by atoms with Crippen LogP contribution in [0.5, 0.6) is 5.75 Å². The van der Waals surface area contributed by atoms with E-state index in [9.17, 15) is 9.18 Å². The Balaban J connectivity index is 2.68. The molecule has 1 aromatic carbocycles. The minimum absolute atomic E-state index is 0.0769. The van der Waals surface area contributed by atoms with Gasteiger partial charge in [-0.3, -0.25) is 4.79 Å². The van der Waals surface area contributed by atoms with Crippen LogP contribution in [0.1, 0.15) is 22.3 Å². The van der Waals surface area contributed by atoms with E-state index < -0.39 is 5.82 Å². The van der Waals surface area contributed by atoms with Crippen molar-refractivity contribution in [3.8, 4) is 11.8 Å². The number of fused-ring (bicyclic) bond motifs is 1. The number of carbonyl (C=O) groups is 1. The molecule has 1 heterocycles. The third kappa shape index (κ3) is 1.23. The number of Topliss-reactive ketones (excluding diaryl/α,β-unsaturated/α-hetero) is 1. The summed E-state index contributed by atoms with van der Waals surface area (Å²) in [5, 5.41) is 8.70. The zero-order valence-electron chi connectivity index (χ0n) is 7.21. The number of hydrogen-bond donors (Lipinski definition) is 0. The van der Waals surface area contributed by atoms with Crippen LogP contribution in [0.25, 0.3) is 0 Å². The van der Waals surface area contributed by atoms with Gasteiger partial charge in [-0.1, -0.05) is 0 Å². The average molecular weight is 191 g/mol. The molecule has 14 heavy (non-hydrogen) atoms. The Morgan fingerprint density at radius 2 is 2.29 bits per heavy atom. The predicted octanol–water partition coefficient (Wildman–Crippen LogP) is 1.66. The van der Waals surface area contributed by atoms with Crippen molar-refractivity contribution in [3.05, 3.63) is 29.1 Å². The second-order valence-corrected chi connectivity index (χ2v) is 2.96. The van der Waals surface area contributed by atoms with Crippen molar-refractivity contribution in [2.75, 3.05) is 6.61 Å². The highest BCUT2D eigenvalue weighted by Crippen LogP contribution is 2.29. The van der Waals surface area contributed by atoms with Gasteiger partial charge in [0.05, 0.1) is 17.7 Å². The Hall–Kier alpha value is -1.89. The van der Waals surface area contributed by atoms with E-state index in [-0.39, 0.29) is 35.7 Å². The van der Waals surface area contributed by atoms with E-state index in [1.54, 1.807) is 6.07 Å². The van der Waals surface area contributed by atoms with Crippen molar-refractivity contribution in [2.24, 2.45) is 0 Å². The van der Waals surface area contributed by atoms with Crippen LogP contribution in [-0.4, -0.2) is 12.4 Å². The number of rotatable bonds is 0. The zero-order chi connectivity index (χ0) is 10.1. The molecular formula is C10H6FNO2. The summed E-state index contributed by atoms with van der Waals surface area (Å²) < 4.78 is 18.1. The van der Waals surface area contributed by atoms with Gasteiger partial charge in [0.2, 0.25) is 0 Å². The number of ketones is 1. The number of ether oxygens (including phenoxy) is 1. The maximum absolute atomic E-state index is 13.0. The fourth-order valence-corrected chi connectivity index (χ4v) is 1.42. The van der Waals surface area contributed by atoms with Crippen LogP contribution in [0.2, 0.25) is 0 Å². The van der Waals surface area contributed by atoms with Crippen LogP contribution in [0.3, 0.4) is 0 Å². The van der Waals surface area contributed by atoms with Crippen LogP contribution < -0.4 is 4.74 Å². The number of halogens is 1. The first-order valence-electron chi connectivity index (χ1n) is 4.12. The number of nitriles is 1. The first-order valence-corrected chi connectivity index (χ1v) is 4.12.